The van der Waals surface area contributed by atoms with Crippen LogP contribution in [-0.2, 0) is 9.84 Å². The standard InChI is InChI=1S/C34H32N6O2S/c1-24-17-18-28(23-25(24)2)43(41,42)34-33-35-32(29-15-9-10-16-30(29)40(33)37-36-34)39-21-19-38(20-22-39)31(26-11-5-3-6-12-26)27-13-7-4-8-14-27/h3-18,23,31H,19-22H2,1-2H3. The van der Waals surface area contributed by atoms with Crippen molar-refractivity contribution in [2.75, 3.05) is 31.1 Å². The van der Waals surface area contributed by atoms with E-state index >= 15 is 0 Å². The van der Waals surface area contributed by atoms with Gasteiger partial charge in [0.2, 0.25) is 14.9 Å². The fourth-order valence-electron chi connectivity index (χ4n) is 6.01. The molecule has 8 nitrogen and oxygen atoms in total. The Morgan fingerprint density at radius 3 is 2.00 bits per heavy atom. The highest BCUT2D eigenvalue weighted by molar-refractivity contribution is 7.91. The minimum Gasteiger partial charge on any atom is -0.353 e. The first kappa shape index (κ1) is 27.2. The second kappa shape index (κ2) is 10.9. The van der Waals surface area contributed by atoms with Gasteiger partial charge in [0, 0.05) is 31.6 Å². The van der Waals surface area contributed by atoms with Crippen LogP contribution in [0.25, 0.3) is 16.6 Å². The van der Waals surface area contributed by atoms with E-state index in [0.717, 1.165) is 54.0 Å². The Kier molecular flexibility index (Phi) is 6.91. The van der Waals surface area contributed by atoms with Crippen molar-refractivity contribution >= 4 is 32.2 Å². The van der Waals surface area contributed by atoms with Gasteiger partial charge in [-0.25, -0.2) is 13.4 Å². The van der Waals surface area contributed by atoms with Gasteiger partial charge in [-0.3, -0.25) is 4.90 Å². The summed E-state index contributed by atoms with van der Waals surface area (Å²) in [4.78, 5) is 9.93. The fourth-order valence-corrected chi connectivity index (χ4v) is 7.33. The van der Waals surface area contributed by atoms with Crippen LogP contribution in [0.4, 0.5) is 5.82 Å². The second-order valence-corrected chi connectivity index (χ2v) is 12.9. The van der Waals surface area contributed by atoms with E-state index in [4.69, 9.17) is 4.98 Å². The number of aromatic nitrogens is 4. The van der Waals surface area contributed by atoms with E-state index in [1.165, 1.54) is 11.1 Å². The lowest BCUT2D eigenvalue weighted by molar-refractivity contribution is 0.212. The lowest BCUT2D eigenvalue weighted by Gasteiger charge is -2.40. The number of sulfone groups is 1. The second-order valence-electron chi connectivity index (χ2n) is 11.1. The quantitative estimate of drug-likeness (QED) is 0.249. The van der Waals surface area contributed by atoms with E-state index in [1.54, 1.807) is 16.6 Å². The molecule has 1 fully saturated rings. The number of piperazine rings is 1. The summed E-state index contributed by atoms with van der Waals surface area (Å²) < 4.78 is 29.2. The maximum absolute atomic E-state index is 13.8. The molecule has 1 saturated heterocycles. The average molecular weight is 589 g/mol. The zero-order valence-corrected chi connectivity index (χ0v) is 24.9. The number of para-hydroxylation sites is 1. The molecule has 0 atom stereocenters. The van der Waals surface area contributed by atoms with Gasteiger partial charge in [-0.1, -0.05) is 84.1 Å². The van der Waals surface area contributed by atoms with Gasteiger partial charge >= 0.3 is 0 Å². The Labute approximate surface area is 251 Å². The molecule has 0 aliphatic carbocycles. The summed E-state index contributed by atoms with van der Waals surface area (Å²) in [5.41, 5.74) is 5.46. The number of benzene rings is 4. The molecule has 3 heterocycles. The van der Waals surface area contributed by atoms with Gasteiger partial charge in [0.25, 0.3) is 0 Å². The van der Waals surface area contributed by atoms with E-state index in [2.05, 4.69) is 80.8 Å². The van der Waals surface area contributed by atoms with Crippen molar-refractivity contribution in [1.82, 2.24) is 24.7 Å². The summed E-state index contributed by atoms with van der Waals surface area (Å²) in [6.07, 6.45) is 0. The lowest BCUT2D eigenvalue weighted by atomic mass is 9.96. The number of aryl methyl sites for hydroxylation is 2. The topological polar surface area (TPSA) is 83.7 Å². The molecular weight excluding hydrogens is 556 g/mol. The molecule has 0 amide bonds. The van der Waals surface area contributed by atoms with Crippen LogP contribution in [0.2, 0.25) is 0 Å². The molecular formula is C34H32N6O2S. The molecule has 0 saturated carbocycles. The molecule has 216 valence electrons. The molecule has 43 heavy (non-hydrogen) atoms. The van der Waals surface area contributed by atoms with Crippen molar-refractivity contribution < 1.29 is 8.42 Å². The summed E-state index contributed by atoms with van der Waals surface area (Å²) in [6, 6.07) is 34.4. The Morgan fingerprint density at radius 2 is 1.35 bits per heavy atom. The third-order valence-electron chi connectivity index (χ3n) is 8.45. The van der Waals surface area contributed by atoms with Gasteiger partial charge in [0.15, 0.2) is 5.65 Å². The molecule has 0 spiro atoms. The van der Waals surface area contributed by atoms with Gasteiger partial charge in [0.1, 0.15) is 5.82 Å². The third-order valence-corrected chi connectivity index (χ3v) is 10.1. The van der Waals surface area contributed by atoms with Crippen LogP contribution in [-0.4, -0.2) is 59.3 Å². The summed E-state index contributed by atoms with van der Waals surface area (Å²) >= 11 is 0. The van der Waals surface area contributed by atoms with Crippen LogP contribution in [0.15, 0.2) is 113 Å². The van der Waals surface area contributed by atoms with E-state index in [-0.39, 0.29) is 21.6 Å². The van der Waals surface area contributed by atoms with Crippen LogP contribution in [0.5, 0.6) is 0 Å². The number of hydrogen-bond acceptors (Lipinski definition) is 7. The Bertz CT molecular complexity index is 2000. The van der Waals surface area contributed by atoms with E-state index < -0.39 is 9.84 Å². The number of fused-ring (bicyclic) bond motifs is 3. The minimum absolute atomic E-state index is 0.130. The van der Waals surface area contributed by atoms with Crippen LogP contribution in [0, 0.1) is 13.8 Å². The van der Waals surface area contributed by atoms with E-state index in [1.807, 2.05) is 44.2 Å². The summed E-state index contributed by atoms with van der Waals surface area (Å²) in [5, 5.41) is 9.21. The predicted molar refractivity (Wildman–Crippen MR) is 168 cm³/mol. The average Bonchev–Trinajstić information content (AvgIpc) is 3.49. The van der Waals surface area contributed by atoms with Crippen molar-refractivity contribution in [3.8, 4) is 0 Å². The van der Waals surface area contributed by atoms with Crippen LogP contribution in [0.3, 0.4) is 0 Å². The summed E-state index contributed by atoms with van der Waals surface area (Å²) in [5.74, 6) is 0.748. The largest absolute Gasteiger partial charge is 0.353 e. The Balaban J connectivity index is 1.26. The predicted octanol–water partition coefficient (Wildman–Crippen LogP) is 5.64. The SMILES string of the molecule is Cc1ccc(S(=O)(=O)c2nnn3c2nc(N2CCN(C(c4ccccc4)c4ccccc4)CC2)c2ccccc23)cc1C. The molecule has 0 unspecified atom stereocenters. The zero-order valence-electron chi connectivity index (χ0n) is 24.1. The highest BCUT2D eigenvalue weighted by Crippen LogP contribution is 2.33. The number of nitrogens with zero attached hydrogens (tertiary/aromatic N) is 6. The van der Waals surface area contributed by atoms with Crippen molar-refractivity contribution in [2.45, 2.75) is 29.8 Å². The normalized spacial score (nSPS) is 14.6. The van der Waals surface area contributed by atoms with Gasteiger partial charge in [-0.05, 0) is 60.4 Å². The monoisotopic (exact) mass is 588 g/mol. The Morgan fingerprint density at radius 1 is 0.721 bits per heavy atom. The van der Waals surface area contributed by atoms with Gasteiger partial charge < -0.3 is 4.90 Å². The molecule has 0 N–H and O–H groups in total. The highest BCUT2D eigenvalue weighted by atomic mass is 32.2. The van der Waals surface area contributed by atoms with E-state index in [0.29, 0.717) is 0 Å². The number of hydrogen-bond donors (Lipinski definition) is 0. The molecule has 0 radical (unpaired) electrons. The van der Waals surface area contributed by atoms with E-state index in [9.17, 15) is 8.42 Å². The van der Waals surface area contributed by atoms with Crippen LogP contribution < -0.4 is 4.90 Å². The van der Waals surface area contributed by atoms with Crippen LogP contribution >= 0.6 is 0 Å². The van der Waals surface area contributed by atoms with Crippen molar-refractivity contribution in [2.24, 2.45) is 0 Å². The van der Waals surface area contributed by atoms with Crippen LogP contribution in [0.1, 0.15) is 28.3 Å². The van der Waals surface area contributed by atoms with Gasteiger partial charge in [0.05, 0.1) is 16.5 Å². The fraction of sp³-hybridized carbons (Fsp3) is 0.206. The smallest absolute Gasteiger partial charge is 0.229 e. The van der Waals surface area contributed by atoms with Gasteiger partial charge in [-0.2, -0.15) is 4.52 Å². The molecule has 6 aromatic rings. The molecule has 4 aromatic carbocycles. The molecule has 1 aliphatic rings. The molecule has 7 rings (SSSR count). The first-order valence-corrected chi connectivity index (χ1v) is 16.0. The van der Waals surface area contributed by atoms with Crippen molar-refractivity contribution in [1.29, 1.82) is 0 Å². The number of rotatable bonds is 6. The molecule has 9 heteroatoms. The first-order chi connectivity index (χ1) is 20.9. The van der Waals surface area contributed by atoms with Crippen molar-refractivity contribution in [3.05, 3.63) is 125 Å². The highest BCUT2D eigenvalue weighted by Gasteiger charge is 2.31. The molecule has 2 aromatic heterocycles. The minimum atomic E-state index is -3.94. The zero-order chi connectivity index (χ0) is 29.6. The van der Waals surface area contributed by atoms with Gasteiger partial charge in [-0.15, -0.1) is 5.10 Å². The first-order valence-electron chi connectivity index (χ1n) is 14.5. The summed E-state index contributed by atoms with van der Waals surface area (Å²) in [6.45, 7) is 6.98. The van der Waals surface area contributed by atoms with Crippen molar-refractivity contribution in [3.63, 3.8) is 0 Å². The summed E-state index contributed by atoms with van der Waals surface area (Å²) in [7, 11) is -3.94. The molecule has 0 bridgehead atoms. The Hall–Kier alpha value is -4.60. The molecule has 1 aliphatic heterocycles. The maximum Gasteiger partial charge on any atom is 0.229 e. The third kappa shape index (κ3) is 4.84. The maximum atomic E-state index is 13.8. The number of anilines is 1. The lowest BCUT2D eigenvalue weighted by Crippen LogP contribution is -2.48.